The van der Waals surface area contributed by atoms with Crippen LogP contribution in [0.3, 0.4) is 0 Å². The highest BCUT2D eigenvalue weighted by molar-refractivity contribution is 7.13. The molecule has 1 saturated heterocycles. The predicted octanol–water partition coefficient (Wildman–Crippen LogP) is 2.84. The molecular formula is C20H17FN6O2S. The van der Waals surface area contributed by atoms with E-state index in [1.807, 2.05) is 17.5 Å². The lowest BCUT2D eigenvalue weighted by atomic mass is 10.1. The van der Waals surface area contributed by atoms with Gasteiger partial charge in [-0.3, -0.25) is 19.7 Å². The van der Waals surface area contributed by atoms with E-state index in [9.17, 15) is 9.18 Å². The van der Waals surface area contributed by atoms with Gasteiger partial charge < -0.3 is 9.42 Å². The number of nitrogens with zero attached hydrogens (tertiary/aromatic N) is 6. The van der Waals surface area contributed by atoms with E-state index in [1.165, 1.54) is 24.5 Å². The topological polar surface area (TPSA) is 88.3 Å². The maximum Gasteiger partial charge on any atom is 0.256 e. The van der Waals surface area contributed by atoms with Crippen LogP contribution in [0.4, 0.5) is 4.39 Å². The molecule has 152 valence electrons. The van der Waals surface area contributed by atoms with Crippen molar-refractivity contribution in [2.24, 2.45) is 0 Å². The molecule has 1 fully saturated rings. The van der Waals surface area contributed by atoms with Gasteiger partial charge in [0.2, 0.25) is 11.7 Å². The van der Waals surface area contributed by atoms with Crippen LogP contribution in [-0.2, 0) is 6.54 Å². The summed E-state index contributed by atoms with van der Waals surface area (Å²) in [5, 5.41) is 6.00. The van der Waals surface area contributed by atoms with Crippen molar-refractivity contribution in [1.29, 1.82) is 0 Å². The molecule has 0 radical (unpaired) electrons. The standard InChI is InChI=1S/C20H17FN6O2S/c21-13-10-14(18-15(11-13)22-3-4-23-18)20(28)27-7-5-26(6-8-27)12-17-24-19(25-29-17)16-2-1-9-30-16/h1-4,9-11H,5-8,12H2. The Bertz CT molecular complexity index is 1190. The molecule has 10 heteroatoms. The third-order valence-corrected chi connectivity index (χ3v) is 5.86. The molecule has 0 bridgehead atoms. The minimum absolute atomic E-state index is 0.238. The molecule has 1 aliphatic rings. The smallest absolute Gasteiger partial charge is 0.256 e. The number of rotatable bonds is 4. The molecule has 0 aliphatic carbocycles. The van der Waals surface area contributed by atoms with Crippen molar-refractivity contribution in [2.75, 3.05) is 26.2 Å². The second-order valence-corrected chi connectivity index (χ2v) is 7.88. The third kappa shape index (κ3) is 3.66. The van der Waals surface area contributed by atoms with Crippen LogP contribution < -0.4 is 0 Å². The predicted molar refractivity (Wildman–Crippen MR) is 108 cm³/mol. The van der Waals surface area contributed by atoms with Gasteiger partial charge in [0.15, 0.2) is 0 Å². The summed E-state index contributed by atoms with van der Waals surface area (Å²) in [5.41, 5.74) is 1.03. The zero-order valence-corrected chi connectivity index (χ0v) is 16.7. The fourth-order valence-electron chi connectivity index (χ4n) is 3.50. The van der Waals surface area contributed by atoms with E-state index in [0.29, 0.717) is 55.5 Å². The Labute approximate surface area is 175 Å². The molecule has 0 spiro atoms. The summed E-state index contributed by atoms with van der Waals surface area (Å²) >= 11 is 1.56. The van der Waals surface area contributed by atoms with Gasteiger partial charge in [-0.05, 0) is 17.5 Å². The highest BCUT2D eigenvalue weighted by Gasteiger charge is 2.25. The molecule has 0 atom stereocenters. The van der Waals surface area contributed by atoms with Crippen LogP contribution in [0.25, 0.3) is 21.7 Å². The van der Waals surface area contributed by atoms with E-state index >= 15 is 0 Å². The van der Waals surface area contributed by atoms with Crippen LogP contribution in [0.5, 0.6) is 0 Å². The summed E-state index contributed by atoms with van der Waals surface area (Å²) in [7, 11) is 0. The number of aromatic nitrogens is 4. The van der Waals surface area contributed by atoms with Crippen molar-refractivity contribution < 1.29 is 13.7 Å². The minimum atomic E-state index is -0.497. The van der Waals surface area contributed by atoms with E-state index < -0.39 is 5.82 Å². The van der Waals surface area contributed by atoms with Gasteiger partial charge in [-0.2, -0.15) is 4.98 Å². The Morgan fingerprint density at radius 2 is 2.00 bits per heavy atom. The number of halogens is 1. The summed E-state index contributed by atoms with van der Waals surface area (Å²) < 4.78 is 19.3. The highest BCUT2D eigenvalue weighted by atomic mass is 32.1. The van der Waals surface area contributed by atoms with Crippen LogP contribution in [0.1, 0.15) is 16.2 Å². The van der Waals surface area contributed by atoms with Crippen molar-refractivity contribution in [3.63, 3.8) is 0 Å². The Balaban J connectivity index is 1.25. The summed E-state index contributed by atoms with van der Waals surface area (Å²) in [5.74, 6) is 0.401. The maximum absolute atomic E-state index is 14.0. The van der Waals surface area contributed by atoms with Crippen LogP contribution in [0.2, 0.25) is 0 Å². The van der Waals surface area contributed by atoms with Crippen molar-refractivity contribution in [1.82, 2.24) is 29.9 Å². The van der Waals surface area contributed by atoms with Gasteiger partial charge in [0.05, 0.1) is 22.5 Å². The molecule has 1 amide bonds. The van der Waals surface area contributed by atoms with E-state index in [4.69, 9.17) is 4.52 Å². The molecule has 0 N–H and O–H groups in total. The highest BCUT2D eigenvalue weighted by Crippen LogP contribution is 2.22. The Morgan fingerprint density at radius 1 is 1.17 bits per heavy atom. The van der Waals surface area contributed by atoms with Gasteiger partial charge in [0.25, 0.3) is 5.91 Å². The van der Waals surface area contributed by atoms with Gasteiger partial charge in [-0.25, -0.2) is 4.39 Å². The van der Waals surface area contributed by atoms with Crippen LogP contribution in [0.15, 0.2) is 46.6 Å². The summed E-state index contributed by atoms with van der Waals surface area (Å²) in [6.45, 7) is 2.86. The summed E-state index contributed by atoms with van der Waals surface area (Å²) in [4.78, 5) is 30.6. The minimum Gasteiger partial charge on any atom is -0.338 e. The average Bonchev–Trinajstić information content (AvgIpc) is 3.45. The van der Waals surface area contributed by atoms with Gasteiger partial charge in [-0.15, -0.1) is 11.3 Å². The van der Waals surface area contributed by atoms with Gasteiger partial charge in [-0.1, -0.05) is 11.2 Å². The quantitative estimate of drug-likeness (QED) is 0.498. The second-order valence-electron chi connectivity index (χ2n) is 6.93. The number of hydrogen-bond donors (Lipinski definition) is 0. The number of carbonyl (C=O) groups excluding carboxylic acids is 1. The first-order chi connectivity index (χ1) is 14.7. The normalized spacial score (nSPS) is 15.0. The van der Waals surface area contributed by atoms with E-state index in [2.05, 4.69) is 25.0 Å². The molecule has 0 saturated carbocycles. The monoisotopic (exact) mass is 424 g/mol. The van der Waals surface area contributed by atoms with Crippen molar-refractivity contribution >= 4 is 28.3 Å². The number of piperazine rings is 1. The average molecular weight is 424 g/mol. The molecule has 30 heavy (non-hydrogen) atoms. The fourth-order valence-corrected chi connectivity index (χ4v) is 4.15. The molecule has 5 rings (SSSR count). The Morgan fingerprint density at radius 3 is 2.80 bits per heavy atom. The third-order valence-electron chi connectivity index (χ3n) is 5.00. The molecule has 0 unspecified atom stereocenters. The second kappa shape index (κ2) is 7.88. The van der Waals surface area contributed by atoms with Gasteiger partial charge >= 0.3 is 0 Å². The Hall–Kier alpha value is -3.24. The summed E-state index contributed by atoms with van der Waals surface area (Å²) in [6.07, 6.45) is 2.99. The molecule has 1 aliphatic heterocycles. The fraction of sp³-hybridized carbons (Fsp3) is 0.250. The number of carbonyl (C=O) groups is 1. The number of benzene rings is 1. The van der Waals surface area contributed by atoms with E-state index in [-0.39, 0.29) is 11.5 Å². The lowest BCUT2D eigenvalue weighted by Crippen LogP contribution is -2.48. The molecule has 3 aromatic heterocycles. The van der Waals surface area contributed by atoms with Gasteiger partial charge in [0, 0.05) is 44.6 Å². The van der Waals surface area contributed by atoms with Crippen LogP contribution in [0, 0.1) is 5.82 Å². The zero-order valence-electron chi connectivity index (χ0n) is 15.9. The number of hydrogen-bond acceptors (Lipinski definition) is 8. The largest absolute Gasteiger partial charge is 0.338 e. The van der Waals surface area contributed by atoms with Crippen LogP contribution in [-0.4, -0.2) is 62.0 Å². The lowest BCUT2D eigenvalue weighted by Gasteiger charge is -2.34. The Kier molecular flexibility index (Phi) is 4.93. The SMILES string of the molecule is O=C(c1cc(F)cc2nccnc12)N1CCN(Cc2nc(-c3cccs3)no2)CC1. The molecular weight excluding hydrogens is 407 g/mol. The van der Waals surface area contributed by atoms with E-state index in [1.54, 1.807) is 16.2 Å². The van der Waals surface area contributed by atoms with Crippen molar-refractivity contribution in [3.8, 4) is 10.7 Å². The number of thiophene rings is 1. The first-order valence-corrected chi connectivity index (χ1v) is 10.3. The number of fused-ring (bicyclic) bond motifs is 1. The molecule has 4 heterocycles. The van der Waals surface area contributed by atoms with Crippen molar-refractivity contribution in [3.05, 3.63) is 59.3 Å². The lowest BCUT2D eigenvalue weighted by molar-refractivity contribution is 0.0616. The molecule has 1 aromatic carbocycles. The van der Waals surface area contributed by atoms with Crippen LogP contribution >= 0.6 is 11.3 Å². The van der Waals surface area contributed by atoms with Gasteiger partial charge in [0.1, 0.15) is 11.3 Å². The summed E-state index contributed by atoms with van der Waals surface area (Å²) in [6, 6.07) is 6.41. The number of amides is 1. The maximum atomic E-state index is 14.0. The first kappa shape index (κ1) is 18.8. The molecule has 4 aromatic rings. The van der Waals surface area contributed by atoms with E-state index in [0.717, 1.165) is 4.88 Å². The first-order valence-electron chi connectivity index (χ1n) is 9.46. The van der Waals surface area contributed by atoms with Crippen molar-refractivity contribution in [2.45, 2.75) is 6.54 Å². The zero-order chi connectivity index (χ0) is 20.5. The molecule has 8 nitrogen and oxygen atoms in total.